The highest BCUT2D eigenvalue weighted by molar-refractivity contribution is 7.89. The Morgan fingerprint density at radius 2 is 1.82 bits per heavy atom. The number of nitrogens with zero attached hydrogens (tertiary/aromatic N) is 1. The van der Waals surface area contributed by atoms with Crippen molar-refractivity contribution in [3.05, 3.63) is 35.4 Å². The predicted octanol–water partition coefficient (Wildman–Crippen LogP) is 1.93. The lowest BCUT2D eigenvalue weighted by molar-refractivity contribution is 0.0924. The number of benzene rings is 1. The van der Waals surface area contributed by atoms with Gasteiger partial charge in [0.05, 0.1) is 5.75 Å². The fourth-order valence-electron chi connectivity index (χ4n) is 2.64. The Bertz CT molecular complexity index is 603. The summed E-state index contributed by atoms with van der Waals surface area (Å²) >= 11 is 0. The first-order chi connectivity index (χ1) is 10.4. The molecule has 6 heteroatoms. The van der Waals surface area contributed by atoms with Crippen LogP contribution >= 0.6 is 0 Å². The number of aryl methyl sites for hydroxylation is 1. The Balaban J connectivity index is 1.87. The van der Waals surface area contributed by atoms with Crippen LogP contribution in [0.15, 0.2) is 24.3 Å². The average Bonchev–Trinajstić information content (AvgIpc) is 2.48. The molecule has 1 amide bonds. The van der Waals surface area contributed by atoms with Gasteiger partial charge in [-0.3, -0.25) is 4.79 Å². The molecule has 1 saturated heterocycles. The molecular weight excluding hydrogens is 300 g/mol. The molecule has 0 bridgehead atoms. The molecule has 0 atom stereocenters. The molecule has 1 aromatic rings. The first kappa shape index (κ1) is 17.0. The van der Waals surface area contributed by atoms with Crippen LogP contribution in [0.3, 0.4) is 0 Å². The van der Waals surface area contributed by atoms with Crippen LogP contribution in [0.1, 0.15) is 42.1 Å². The predicted molar refractivity (Wildman–Crippen MR) is 87.3 cm³/mol. The third-order valence-electron chi connectivity index (χ3n) is 3.96. The maximum Gasteiger partial charge on any atom is 0.251 e. The summed E-state index contributed by atoms with van der Waals surface area (Å²) in [7, 11) is -3.12. The van der Waals surface area contributed by atoms with Gasteiger partial charge >= 0.3 is 0 Å². The van der Waals surface area contributed by atoms with Gasteiger partial charge in [-0.05, 0) is 38.3 Å². The number of carbonyl (C=O) groups excluding carboxylic acids is 1. The Morgan fingerprint density at radius 3 is 2.36 bits per heavy atom. The summed E-state index contributed by atoms with van der Waals surface area (Å²) in [6.45, 7) is 4.82. The number of hydrogen-bond acceptors (Lipinski definition) is 3. The van der Waals surface area contributed by atoms with Crippen LogP contribution in [0.2, 0.25) is 0 Å². The van der Waals surface area contributed by atoms with Crippen LogP contribution in [0.25, 0.3) is 0 Å². The fourth-order valence-corrected chi connectivity index (χ4v) is 4.18. The van der Waals surface area contributed by atoms with Crippen molar-refractivity contribution in [1.82, 2.24) is 9.62 Å². The first-order valence-corrected chi connectivity index (χ1v) is 9.38. The molecule has 0 unspecified atom stereocenters. The van der Waals surface area contributed by atoms with Crippen molar-refractivity contribution in [2.45, 2.75) is 39.2 Å². The number of nitrogens with one attached hydrogen (secondary N) is 1. The van der Waals surface area contributed by atoms with E-state index in [1.54, 1.807) is 4.31 Å². The standard InChI is InChI=1S/C16H24N2O3S/c1-3-12-22(20,21)18-10-8-15(9-11-18)17-16(19)14-6-4-13(2)5-7-14/h4-7,15H,3,8-12H2,1-2H3,(H,17,19). The van der Waals surface area contributed by atoms with Crippen molar-refractivity contribution >= 4 is 15.9 Å². The van der Waals surface area contributed by atoms with Gasteiger partial charge < -0.3 is 5.32 Å². The van der Waals surface area contributed by atoms with E-state index in [0.717, 1.165) is 5.56 Å². The zero-order chi connectivity index (χ0) is 16.2. The number of amides is 1. The third kappa shape index (κ3) is 4.30. The largest absolute Gasteiger partial charge is 0.349 e. The Hall–Kier alpha value is -1.40. The van der Waals surface area contributed by atoms with Gasteiger partial charge in [0.15, 0.2) is 0 Å². The van der Waals surface area contributed by atoms with E-state index in [0.29, 0.717) is 37.9 Å². The molecule has 22 heavy (non-hydrogen) atoms. The van der Waals surface area contributed by atoms with E-state index in [1.807, 2.05) is 38.1 Å². The molecule has 5 nitrogen and oxygen atoms in total. The van der Waals surface area contributed by atoms with E-state index in [2.05, 4.69) is 5.32 Å². The molecule has 122 valence electrons. The topological polar surface area (TPSA) is 66.5 Å². The van der Waals surface area contributed by atoms with Gasteiger partial charge in [0.2, 0.25) is 10.0 Å². The molecule has 1 heterocycles. The molecule has 1 aromatic carbocycles. The van der Waals surface area contributed by atoms with Gasteiger partial charge in [-0.25, -0.2) is 12.7 Å². The number of sulfonamides is 1. The molecule has 1 aliphatic rings. The second kappa shape index (κ2) is 7.24. The van der Waals surface area contributed by atoms with Crippen molar-refractivity contribution in [3.63, 3.8) is 0 Å². The highest BCUT2D eigenvalue weighted by Crippen LogP contribution is 2.15. The maximum atomic E-state index is 12.2. The minimum absolute atomic E-state index is 0.0434. The summed E-state index contributed by atoms with van der Waals surface area (Å²) in [5.41, 5.74) is 1.76. The van der Waals surface area contributed by atoms with E-state index in [-0.39, 0.29) is 17.7 Å². The summed E-state index contributed by atoms with van der Waals surface area (Å²) in [5, 5.41) is 3.00. The highest BCUT2D eigenvalue weighted by atomic mass is 32.2. The lowest BCUT2D eigenvalue weighted by atomic mass is 10.1. The van der Waals surface area contributed by atoms with Crippen LogP contribution in [-0.2, 0) is 10.0 Å². The SMILES string of the molecule is CCCS(=O)(=O)N1CCC(NC(=O)c2ccc(C)cc2)CC1. The van der Waals surface area contributed by atoms with Crippen molar-refractivity contribution in [1.29, 1.82) is 0 Å². The average molecular weight is 324 g/mol. The van der Waals surface area contributed by atoms with Crippen molar-refractivity contribution in [2.75, 3.05) is 18.8 Å². The molecule has 1 aliphatic heterocycles. The van der Waals surface area contributed by atoms with E-state index in [4.69, 9.17) is 0 Å². The highest BCUT2D eigenvalue weighted by Gasteiger charge is 2.28. The molecule has 2 rings (SSSR count). The monoisotopic (exact) mass is 324 g/mol. The maximum absolute atomic E-state index is 12.2. The van der Waals surface area contributed by atoms with E-state index in [9.17, 15) is 13.2 Å². The summed E-state index contributed by atoms with van der Waals surface area (Å²) in [5.74, 6) is 0.114. The molecule has 0 aromatic heterocycles. The first-order valence-electron chi connectivity index (χ1n) is 7.77. The number of piperidine rings is 1. The minimum atomic E-state index is -3.12. The number of hydrogen-bond donors (Lipinski definition) is 1. The van der Waals surface area contributed by atoms with Gasteiger partial charge in [0.1, 0.15) is 0 Å². The second-order valence-corrected chi connectivity index (χ2v) is 7.92. The van der Waals surface area contributed by atoms with Crippen LogP contribution in [0, 0.1) is 6.92 Å². The van der Waals surface area contributed by atoms with Crippen LogP contribution in [0.4, 0.5) is 0 Å². The molecule has 1 N–H and O–H groups in total. The Labute approximate surface area is 132 Å². The second-order valence-electron chi connectivity index (χ2n) is 5.83. The van der Waals surface area contributed by atoms with Gasteiger partial charge in [0, 0.05) is 24.7 Å². The van der Waals surface area contributed by atoms with Crippen LogP contribution in [0.5, 0.6) is 0 Å². The zero-order valence-electron chi connectivity index (χ0n) is 13.2. The fraction of sp³-hybridized carbons (Fsp3) is 0.562. The normalized spacial score (nSPS) is 17.4. The van der Waals surface area contributed by atoms with E-state index in [1.165, 1.54) is 0 Å². The molecule has 0 saturated carbocycles. The lowest BCUT2D eigenvalue weighted by Gasteiger charge is -2.31. The quantitative estimate of drug-likeness (QED) is 0.900. The Morgan fingerprint density at radius 1 is 1.23 bits per heavy atom. The molecule has 0 spiro atoms. The van der Waals surface area contributed by atoms with Crippen molar-refractivity contribution in [2.24, 2.45) is 0 Å². The van der Waals surface area contributed by atoms with Crippen molar-refractivity contribution < 1.29 is 13.2 Å². The van der Waals surface area contributed by atoms with E-state index < -0.39 is 10.0 Å². The molecule has 0 aliphatic carbocycles. The van der Waals surface area contributed by atoms with Crippen molar-refractivity contribution in [3.8, 4) is 0 Å². The molecular formula is C16H24N2O3S. The molecule has 0 radical (unpaired) electrons. The van der Waals surface area contributed by atoms with Crippen LogP contribution < -0.4 is 5.32 Å². The summed E-state index contributed by atoms with van der Waals surface area (Å²) < 4.78 is 25.6. The Kier molecular flexibility index (Phi) is 5.58. The van der Waals surface area contributed by atoms with Gasteiger partial charge in [-0.1, -0.05) is 24.6 Å². The minimum Gasteiger partial charge on any atom is -0.349 e. The van der Waals surface area contributed by atoms with Crippen LogP contribution in [-0.4, -0.2) is 43.5 Å². The van der Waals surface area contributed by atoms with Gasteiger partial charge in [-0.2, -0.15) is 0 Å². The third-order valence-corrected chi connectivity index (χ3v) is 6.03. The number of carbonyl (C=O) groups is 1. The van der Waals surface area contributed by atoms with E-state index >= 15 is 0 Å². The van der Waals surface area contributed by atoms with Gasteiger partial charge in [-0.15, -0.1) is 0 Å². The smallest absolute Gasteiger partial charge is 0.251 e. The zero-order valence-corrected chi connectivity index (χ0v) is 14.0. The molecule has 1 fully saturated rings. The lowest BCUT2D eigenvalue weighted by Crippen LogP contribution is -2.47. The number of rotatable bonds is 5. The summed E-state index contributed by atoms with van der Waals surface area (Å²) in [6, 6.07) is 7.49. The van der Waals surface area contributed by atoms with Gasteiger partial charge in [0.25, 0.3) is 5.91 Å². The summed E-state index contributed by atoms with van der Waals surface area (Å²) in [6.07, 6.45) is 1.97. The summed E-state index contributed by atoms with van der Waals surface area (Å²) in [4.78, 5) is 12.2.